The Labute approximate surface area is 604 Å². The molecule has 0 aliphatic carbocycles. The molecule has 15 rings (SSSR count). The highest BCUT2D eigenvalue weighted by molar-refractivity contribution is 5.67. The van der Waals surface area contributed by atoms with Crippen LogP contribution in [0.4, 0.5) is 28.4 Å². The SMILES string of the molecule is CC(C)(C)N1CC(Cc2ccccc2)c2ccccc21.CC(C)(C)N1CCc2c(Cc3ccccc3)cccc21.CC(C)(C)N1CCc2cc(Cc3ccccc3)ccc21.CC(C)(C)N1CCc2ccc(Cc3ccccc3)cc21.CC(C)(C)N1CCc2cccc(Cc3ccccc3)c21. The van der Waals surface area contributed by atoms with Crippen LogP contribution in [0, 0.1) is 0 Å². The van der Waals surface area contributed by atoms with Crippen molar-refractivity contribution in [3.05, 3.63) is 327 Å². The van der Waals surface area contributed by atoms with Crippen LogP contribution in [0.3, 0.4) is 0 Å². The van der Waals surface area contributed by atoms with Gasteiger partial charge in [-0.3, -0.25) is 0 Å². The summed E-state index contributed by atoms with van der Waals surface area (Å²) in [6.07, 6.45) is 9.96. The Kier molecular flexibility index (Phi) is 22.7. The molecule has 0 radical (unpaired) electrons. The van der Waals surface area contributed by atoms with Gasteiger partial charge in [-0.2, -0.15) is 0 Å². The monoisotopic (exact) mass is 1330 g/mol. The van der Waals surface area contributed by atoms with Crippen LogP contribution in [0.25, 0.3) is 0 Å². The van der Waals surface area contributed by atoms with Crippen molar-refractivity contribution in [1.82, 2.24) is 0 Å². The molecular formula is C95H115N5. The lowest BCUT2D eigenvalue weighted by Crippen LogP contribution is -2.40. The molecule has 5 aliphatic heterocycles. The first-order chi connectivity index (χ1) is 47.7. The Morgan fingerprint density at radius 2 is 0.670 bits per heavy atom. The van der Waals surface area contributed by atoms with Crippen molar-refractivity contribution < 1.29 is 0 Å². The Balaban J connectivity index is 0.000000126. The van der Waals surface area contributed by atoms with Crippen LogP contribution < -0.4 is 24.5 Å². The van der Waals surface area contributed by atoms with Crippen LogP contribution in [0.5, 0.6) is 0 Å². The van der Waals surface area contributed by atoms with Crippen LogP contribution in [-0.4, -0.2) is 60.4 Å². The largest absolute Gasteiger partial charge is 0.366 e. The summed E-state index contributed by atoms with van der Waals surface area (Å²) in [5.74, 6) is 0.604. The van der Waals surface area contributed by atoms with Crippen molar-refractivity contribution in [2.24, 2.45) is 0 Å². The van der Waals surface area contributed by atoms with Gasteiger partial charge < -0.3 is 24.5 Å². The van der Waals surface area contributed by atoms with Crippen molar-refractivity contribution >= 4 is 28.4 Å². The van der Waals surface area contributed by atoms with E-state index in [4.69, 9.17) is 0 Å². The molecule has 0 amide bonds. The maximum absolute atomic E-state index is 2.57. The Hall–Kier alpha value is -8.80. The van der Waals surface area contributed by atoms with Crippen molar-refractivity contribution in [2.45, 2.75) is 195 Å². The van der Waals surface area contributed by atoms with E-state index in [0.717, 1.165) is 64.8 Å². The molecule has 5 aliphatic rings. The minimum Gasteiger partial charge on any atom is -0.366 e. The van der Waals surface area contributed by atoms with Gasteiger partial charge in [0.25, 0.3) is 0 Å². The highest BCUT2D eigenvalue weighted by Crippen LogP contribution is 2.43. The van der Waals surface area contributed by atoms with Crippen LogP contribution in [0.15, 0.2) is 249 Å². The first kappa shape index (κ1) is 72.5. The average molecular weight is 1330 g/mol. The first-order valence-electron chi connectivity index (χ1n) is 37.4. The fourth-order valence-electron chi connectivity index (χ4n) is 15.7. The van der Waals surface area contributed by atoms with Gasteiger partial charge in [0.1, 0.15) is 0 Å². The molecule has 0 saturated heterocycles. The van der Waals surface area contributed by atoms with E-state index in [2.05, 4.69) is 377 Å². The third kappa shape index (κ3) is 18.4. The van der Waals surface area contributed by atoms with E-state index in [1.54, 1.807) is 5.56 Å². The summed E-state index contributed by atoms with van der Waals surface area (Å²) in [7, 11) is 0. The molecule has 5 nitrogen and oxygen atoms in total. The summed E-state index contributed by atoms with van der Waals surface area (Å²) >= 11 is 0. The fourth-order valence-corrected chi connectivity index (χ4v) is 15.7. The lowest BCUT2D eigenvalue weighted by atomic mass is 9.94. The topological polar surface area (TPSA) is 16.2 Å². The summed E-state index contributed by atoms with van der Waals surface area (Å²) in [4.78, 5) is 12.7. The minimum absolute atomic E-state index is 0.182. The maximum atomic E-state index is 2.57. The van der Waals surface area contributed by atoms with Crippen LogP contribution in [0.2, 0.25) is 0 Å². The normalized spacial score (nSPS) is 15.2. The highest BCUT2D eigenvalue weighted by Gasteiger charge is 2.36. The molecule has 5 heteroatoms. The van der Waals surface area contributed by atoms with Gasteiger partial charge in [-0.25, -0.2) is 0 Å². The second kappa shape index (κ2) is 31.4. The number of hydrogen-bond donors (Lipinski definition) is 0. The number of hydrogen-bond acceptors (Lipinski definition) is 5. The van der Waals surface area contributed by atoms with Crippen molar-refractivity contribution in [3.8, 4) is 0 Å². The molecule has 1 unspecified atom stereocenters. The molecule has 0 bridgehead atoms. The molecule has 10 aromatic rings. The van der Waals surface area contributed by atoms with Gasteiger partial charge in [0.2, 0.25) is 0 Å². The number of nitrogens with zero attached hydrogens (tertiary/aromatic N) is 5. The zero-order valence-corrected chi connectivity index (χ0v) is 63.4. The van der Waals surface area contributed by atoms with E-state index in [-0.39, 0.29) is 27.7 Å². The molecule has 5 heterocycles. The number of benzene rings is 10. The minimum atomic E-state index is 0.182. The Morgan fingerprint density at radius 3 is 1.22 bits per heavy atom. The zero-order chi connectivity index (χ0) is 70.8. The van der Waals surface area contributed by atoms with E-state index in [1.165, 1.54) is 126 Å². The van der Waals surface area contributed by atoms with E-state index in [1.807, 2.05) is 0 Å². The Bertz CT molecular complexity index is 4220. The molecular weight excluding hydrogens is 1210 g/mol. The molecule has 0 N–H and O–H groups in total. The summed E-state index contributed by atoms with van der Waals surface area (Å²) in [5.41, 5.74) is 28.5. The standard InChI is InChI=1S/5C19H23N/c1-19(2,3)20-14-16(13-15-9-5-4-6-10-15)17-11-7-8-12-18(17)20;1-19(2,3)20-13-12-17-16(10-7-11-18(17)20)14-15-8-5-4-6-9-15;1-19(2,3)20-13-12-16-10-7-11-17(18(16)20)14-15-8-5-4-6-9-15;1-19(2,3)20-12-11-17-14-16(9-10-18(17)20)13-15-7-5-4-6-8-15;1-19(2,3)20-12-11-17-10-9-16(14-18(17)20)13-15-7-5-4-6-8-15/h4-12,16H,13-14H2,1-3H3;2*4-11H,12-14H2,1-3H3;2*4-10,14H,11-13H2,1-3H3. The summed E-state index contributed by atoms with van der Waals surface area (Å²) in [6, 6.07) is 90.3. The van der Waals surface area contributed by atoms with Crippen molar-refractivity contribution in [3.63, 3.8) is 0 Å². The van der Waals surface area contributed by atoms with E-state index in [0.29, 0.717) is 5.92 Å². The molecule has 0 spiro atoms. The highest BCUT2D eigenvalue weighted by atomic mass is 15.2. The molecule has 10 aromatic carbocycles. The van der Waals surface area contributed by atoms with Crippen molar-refractivity contribution in [1.29, 1.82) is 0 Å². The molecule has 520 valence electrons. The third-order valence-corrected chi connectivity index (χ3v) is 20.7. The summed E-state index contributed by atoms with van der Waals surface area (Å²) < 4.78 is 0. The van der Waals surface area contributed by atoms with Gasteiger partial charge in [0.05, 0.1) is 0 Å². The lowest BCUT2D eigenvalue weighted by molar-refractivity contribution is 0.499. The number of rotatable bonds is 10. The van der Waals surface area contributed by atoms with E-state index in [9.17, 15) is 0 Å². The molecule has 0 fully saturated rings. The maximum Gasteiger partial charge on any atom is 0.0439 e. The number of anilines is 5. The van der Waals surface area contributed by atoms with Crippen LogP contribution >= 0.6 is 0 Å². The van der Waals surface area contributed by atoms with Crippen LogP contribution in [0.1, 0.15) is 188 Å². The fraction of sp³-hybridized carbons (Fsp3) is 0.368. The van der Waals surface area contributed by atoms with Gasteiger partial charge in [-0.1, -0.05) is 224 Å². The van der Waals surface area contributed by atoms with Gasteiger partial charge in [0.15, 0.2) is 0 Å². The third-order valence-electron chi connectivity index (χ3n) is 20.7. The van der Waals surface area contributed by atoms with Gasteiger partial charge in [-0.05, 0) is 264 Å². The lowest BCUT2D eigenvalue weighted by Gasteiger charge is -2.35. The molecule has 1 atom stereocenters. The summed E-state index contributed by atoms with van der Waals surface area (Å²) in [6.45, 7) is 40.2. The van der Waals surface area contributed by atoms with Gasteiger partial charge >= 0.3 is 0 Å². The van der Waals surface area contributed by atoms with Gasteiger partial charge in [0, 0.05) is 94.8 Å². The average Bonchev–Trinajstić information content (AvgIpc) is 1.65. The first-order valence-corrected chi connectivity index (χ1v) is 37.4. The number of fused-ring (bicyclic) bond motifs is 5. The van der Waals surface area contributed by atoms with Gasteiger partial charge in [-0.15, -0.1) is 0 Å². The number of para-hydroxylation sites is 2. The second-order valence-electron chi connectivity index (χ2n) is 33.4. The predicted octanol–water partition coefficient (Wildman–Crippen LogP) is 22.4. The second-order valence-corrected chi connectivity index (χ2v) is 33.4. The van der Waals surface area contributed by atoms with E-state index >= 15 is 0 Å². The van der Waals surface area contributed by atoms with E-state index < -0.39 is 0 Å². The zero-order valence-electron chi connectivity index (χ0n) is 63.4. The predicted molar refractivity (Wildman–Crippen MR) is 432 cm³/mol. The molecule has 100 heavy (non-hydrogen) atoms. The molecule has 0 aromatic heterocycles. The smallest absolute Gasteiger partial charge is 0.0439 e. The summed E-state index contributed by atoms with van der Waals surface area (Å²) in [5, 5.41) is 0. The Morgan fingerprint density at radius 1 is 0.270 bits per heavy atom. The quantitative estimate of drug-likeness (QED) is 0.135. The van der Waals surface area contributed by atoms with Crippen molar-refractivity contribution in [2.75, 3.05) is 57.2 Å². The van der Waals surface area contributed by atoms with Crippen LogP contribution in [-0.2, 0) is 57.8 Å². The molecule has 0 saturated carbocycles.